The molecule has 0 aromatic carbocycles. The number of hydrogen-bond acceptors (Lipinski definition) is 2. The lowest BCUT2D eigenvalue weighted by Gasteiger charge is -2.22. The number of nitrogens with one attached hydrogen (secondary N) is 1. The van der Waals surface area contributed by atoms with E-state index in [0.717, 1.165) is 6.54 Å². The zero-order chi connectivity index (χ0) is 9.38. The molecule has 3 nitrogen and oxygen atoms in total. The average molecular weight is 191 g/mol. The van der Waals surface area contributed by atoms with Gasteiger partial charge in [-0.05, 0) is 32.2 Å². The third-order valence-corrected chi connectivity index (χ3v) is 3.45. The summed E-state index contributed by atoms with van der Waals surface area (Å²) >= 11 is 0. The molecule has 0 radical (unpaired) electrons. The van der Waals surface area contributed by atoms with Crippen LogP contribution in [-0.4, -0.2) is 22.6 Å². The summed E-state index contributed by atoms with van der Waals surface area (Å²) in [5, 5.41) is 3.46. The Morgan fingerprint density at radius 1 is 1.43 bits per heavy atom. The largest absolute Gasteiger partial charge is 0.332 e. The van der Waals surface area contributed by atoms with Crippen molar-refractivity contribution in [2.24, 2.45) is 0 Å². The van der Waals surface area contributed by atoms with Crippen LogP contribution in [0.25, 0.3) is 0 Å². The lowest BCUT2D eigenvalue weighted by atomic mass is 9.99. The average Bonchev–Trinajstić information content (AvgIpc) is 2.79. The molecule has 0 bridgehead atoms. The van der Waals surface area contributed by atoms with Crippen LogP contribution >= 0.6 is 0 Å². The highest BCUT2D eigenvalue weighted by Crippen LogP contribution is 2.26. The fourth-order valence-electron chi connectivity index (χ4n) is 2.70. The van der Waals surface area contributed by atoms with Gasteiger partial charge in [0.25, 0.3) is 0 Å². The highest BCUT2D eigenvalue weighted by atomic mass is 15.1. The third kappa shape index (κ3) is 1.27. The van der Waals surface area contributed by atoms with E-state index in [0.29, 0.717) is 5.92 Å². The Hall–Kier alpha value is -0.830. The molecule has 2 aliphatic rings. The smallest absolute Gasteiger partial charge is 0.113 e. The van der Waals surface area contributed by atoms with E-state index in [2.05, 4.69) is 21.1 Å². The molecule has 0 aliphatic carbocycles. The van der Waals surface area contributed by atoms with Crippen LogP contribution in [0, 0.1) is 0 Å². The molecular formula is C11H17N3. The van der Waals surface area contributed by atoms with Crippen molar-refractivity contribution >= 4 is 0 Å². The van der Waals surface area contributed by atoms with E-state index in [4.69, 9.17) is 0 Å². The van der Waals surface area contributed by atoms with Gasteiger partial charge >= 0.3 is 0 Å². The first kappa shape index (κ1) is 8.48. The van der Waals surface area contributed by atoms with Crippen molar-refractivity contribution in [1.82, 2.24) is 14.9 Å². The summed E-state index contributed by atoms with van der Waals surface area (Å²) in [6.07, 6.45) is 7.23. The molecule has 3 heteroatoms. The maximum Gasteiger partial charge on any atom is 0.113 e. The van der Waals surface area contributed by atoms with E-state index in [9.17, 15) is 0 Å². The summed E-state index contributed by atoms with van der Waals surface area (Å²) in [5.41, 5.74) is 1.45. The number of aromatic nitrogens is 2. The predicted molar refractivity (Wildman–Crippen MR) is 55.4 cm³/mol. The minimum absolute atomic E-state index is 0.663. The molecule has 1 aromatic rings. The highest BCUT2D eigenvalue weighted by Gasteiger charge is 2.23. The lowest BCUT2D eigenvalue weighted by molar-refractivity contribution is 0.434. The van der Waals surface area contributed by atoms with Crippen LogP contribution in [0.1, 0.15) is 36.7 Å². The summed E-state index contributed by atoms with van der Waals surface area (Å²) in [6, 6.07) is 0. The molecule has 1 saturated heterocycles. The first-order valence-corrected chi connectivity index (χ1v) is 5.70. The third-order valence-electron chi connectivity index (χ3n) is 3.45. The van der Waals surface area contributed by atoms with Gasteiger partial charge in [-0.15, -0.1) is 0 Å². The van der Waals surface area contributed by atoms with Crippen molar-refractivity contribution in [3.63, 3.8) is 0 Å². The number of fused-ring (bicyclic) bond motifs is 1. The quantitative estimate of drug-likeness (QED) is 0.725. The van der Waals surface area contributed by atoms with Gasteiger partial charge in [0.2, 0.25) is 0 Å². The van der Waals surface area contributed by atoms with Gasteiger partial charge in [0.15, 0.2) is 0 Å². The number of piperidine rings is 1. The monoisotopic (exact) mass is 191 g/mol. The fraction of sp³-hybridized carbons (Fsp3) is 0.727. The van der Waals surface area contributed by atoms with Gasteiger partial charge in [0.1, 0.15) is 5.82 Å². The van der Waals surface area contributed by atoms with Crippen LogP contribution in [0.5, 0.6) is 0 Å². The first-order valence-electron chi connectivity index (χ1n) is 5.70. The minimum Gasteiger partial charge on any atom is -0.332 e. The van der Waals surface area contributed by atoms with Crippen LogP contribution in [0.2, 0.25) is 0 Å². The van der Waals surface area contributed by atoms with Crippen LogP contribution < -0.4 is 5.32 Å². The molecule has 14 heavy (non-hydrogen) atoms. The molecule has 0 saturated carbocycles. The number of imidazole rings is 1. The van der Waals surface area contributed by atoms with Crippen LogP contribution in [-0.2, 0) is 13.0 Å². The standard InChI is InChI=1S/C11H17N3/c1-3-9(7-12-5-1)11-13-8-10-4-2-6-14(10)11/h8-9,12H,1-7H2/t9-/m0/s1. The topological polar surface area (TPSA) is 29.9 Å². The molecule has 2 aliphatic heterocycles. The Bertz CT molecular complexity index is 323. The zero-order valence-electron chi connectivity index (χ0n) is 8.50. The second-order valence-corrected chi connectivity index (χ2v) is 4.41. The second kappa shape index (κ2) is 3.39. The minimum atomic E-state index is 0.663. The molecule has 1 aromatic heterocycles. The number of hydrogen-bond donors (Lipinski definition) is 1. The van der Waals surface area contributed by atoms with Gasteiger partial charge in [-0.2, -0.15) is 0 Å². The van der Waals surface area contributed by atoms with Crippen LogP contribution in [0.4, 0.5) is 0 Å². The Morgan fingerprint density at radius 3 is 3.29 bits per heavy atom. The summed E-state index contributed by atoms with van der Waals surface area (Å²) in [7, 11) is 0. The summed E-state index contributed by atoms with van der Waals surface area (Å²) in [5.74, 6) is 2.00. The van der Waals surface area contributed by atoms with E-state index in [1.807, 2.05) is 0 Å². The van der Waals surface area contributed by atoms with E-state index in [1.54, 1.807) is 0 Å². The van der Waals surface area contributed by atoms with E-state index >= 15 is 0 Å². The maximum absolute atomic E-state index is 4.58. The molecule has 1 atom stereocenters. The van der Waals surface area contributed by atoms with Gasteiger partial charge in [0.05, 0.1) is 0 Å². The molecular weight excluding hydrogens is 174 g/mol. The molecule has 1 fully saturated rings. The zero-order valence-corrected chi connectivity index (χ0v) is 8.50. The Morgan fingerprint density at radius 2 is 2.43 bits per heavy atom. The van der Waals surface area contributed by atoms with E-state index < -0.39 is 0 Å². The predicted octanol–water partition coefficient (Wildman–Crippen LogP) is 1.30. The Labute approximate surface area is 84.5 Å². The SMILES string of the molecule is c1nc([C@H]2CCCNC2)n2c1CCC2. The van der Waals surface area contributed by atoms with E-state index in [-0.39, 0.29) is 0 Å². The summed E-state index contributed by atoms with van der Waals surface area (Å²) in [6.45, 7) is 3.50. The molecule has 0 spiro atoms. The van der Waals surface area contributed by atoms with Gasteiger partial charge in [-0.25, -0.2) is 4.98 Å². The van der Waals surface area contributed by atoms with Crippen molar-refractivity contribution < 1.29 is 0 Å². The van der Waals surface area contributed by atoms with Gasteiger partial charge in [0, 0.05) is 30.9 Å². The molecule has 1 N–H and O–H groups in total. The number of rotatable bonds is 1. The lowest BCUT2D eigenvalue weighted by Crippen LogP contribution is -2.30. The van der Waals surface area contributed by atoms with Crippen molar-refractivity contribution in [2.75, 3.05) is 13.1 Å². The first-order chi connectivity index (χ1) is 6.95. The Balaban J connectivity index is 1.88. The van der Waals surface area contributed by atoms with Crippen molar-refractivity contribution in [2.45, 2.75) is 38.1 Å². The van der Waals surface area contributed by atoms with Gasteiger partial charge in [-0.3, -0.25) is 0 Å². The highest BCUT2D eigenvalue weighted by molar-refractivity contribution is 5.13. The van der Waals surface area contributed by atoms with Crippen molar-refractivity contribution in [3.05, 3.63) is 17.7 Å². The molecule has 0 unspecified atom stereocenters. The van der Waals surface area contributed by atoms with Gasteiger partial charge in [-0.1, -0.05) is 0 Å². The second-order valence-electron chi connectivity index (χ2n) is 4.41. The molecule has 76 valence electrons. The Kier molecular flexibility index (Phi) is 2.05. The van der Waals surface area contributed by atoms with Crippen LogP contribution in [0.15, 0.2) is 6.20 Å². The maximum atomic E-state index is 4.58. The number of nitrogens with zero attached hydrogens (tertiary/aromatic N) is 2. The summed E-state index contributed by atoms with van der Waals surface area (Å²) in [4.78, 5) is 4.58. The molecule has 0 amide bonds. The van der Waals surface area contributed by atoms with Gasteiger partial charge < -0.3 is 9.88 Å². The van der Waals surface area contributed by atoms with Crippen molar-refractivity contribution in [1.29, 1.82) is 0 Å². The summed E-state index contributed by atoms with van der Waals surface area (Å²) < 4.78 is 2.44. The van der Waals surface area contributed by atoms with Crippen molar-refractivity contribution in [3.8, 4) is 0 Å². The molecule has 3 rings (SSSR count). The molecule has 3 heterocycles. The normalized spacial score (nSPS) is 26.4. The number of aryl methyl sites for hydroxylation is 1. The van der Waals surface area contributed by atoms with Crippen LogP contribution in [0.3, 0.4) is 0 Å². The fourth-order valence-corrected chi connectivity index (χ4v) is 2.70. The van der Waals surface area contributed by atoms with E-state index in [1.165, 1.54) is 50.3 Å².